The van der Waals surface area contributed by atoms with E-state index >= 15 is 0 Å². The summed E-state index contributed by atoms with van der Waals surface area (Å²) < 4.78 is 1.74. The number of benzene rings is 1. The second-order valence-electron chi connectivity index (χ2n) is 4.94. The normalized spacial score (nSPS) is 12.8. The monoisotopic (exact) mass is 306 g/mol. The molecule has 0 saturated carbocycles. The number of halogens is 1. The van der Waals surface area contributed by atoms with Crippen LogP contribution in [0.2, 0.25) is 0 Å². The van der Waals surface area contributed by atoms with Gasteiger partial charge in [-0.05, 0) is 37.5 Å². The van der Waals surface area contributed by atoms with E-state index in [9.17, 15) is 4.79 Å². The first-order valence-corrected chi connectivity index (χ1v) is 6.97. The molecule has 1 aromatic carbocycles. The van der Waals surface area contributed by atoms with Crippen molar-refractivity contribution in [3.8, 4) is 0 Å². The molecule has 21 heavy (non-hydrogen) atoms. The third-order valence-corrected chi connectivity index (χ3v) is 3.53. The van der Waals surface area contributed by atoms with Gasteiger partial charge in [0.1, 0.15) is 0 Å². The van der Waals surface area contributed by atoms with Gasteiger partial charge in [0.2, 0.25) is 0 Å². The van der Waals surface area contributed by atoms with Crippen molar-refractivity contribution in [3.63, 3.8) is 0 Å². The number of aromatic nitrogens is 2. The molecule has 0 atom stereocenters. The quantitative estimate of drug-likeness (QED) is 0.916. The van der Waals surface area contributed by atoms with Crippen molar-refractivity contribution in [3.05, 3.63) is 41.7 Å². The molecule has 5 nitrogen and oxygen atoms in total. The number of aryl methyl sites for hydroxylation is 2. The second kappa shape index (κ2) is 6.63. The zero-order valence-electron chi connectivity index (χ0n) is 11.9. The van der Waals surface area contributed by atoms with Gasteiger partial charge < -0.3 is 10.6 Å². The van der Waals surface area contributed by atoms with Gasteiger partial charge in [0, 0.05) is 30.7 Å². The summed E-state index contributed by atoms with van der Waals surface area (Å²) in [5.41, 5.74) is 3.83. The van der Waals surface area contributed by atoms with Crippen LogP contribution in [0.3, 0.4) is 0 Å². The summed E-state index contributed by atoms with van der Waals surface area (Å²) in [5, 5.41) is 10.4. The van der Waals surface area contributed by atoms with E-state index in [1.165, 1.54) is 5.56 Å². The van der Waals surface area contributed by atoms with Crippen molar-refractivity contribution in [2.24, 2.45) is 0 Å². The van der Waals surface area contributed by atoms with Crippen LogP contribution in [0, 0.1) is 0 Å². The van der Waals surface area contributed by atoms with Gasteiger partial charge in [-0.15, -0.1) is 12.4 Å². The molecule has 1 aromatic heterocycles. The molecule has 0 aliphatic carbocycles. The Hall–Kier alpha value is -2.01. The number of fused-ring (bicyclic) bond motifs is 1. The highest BCUT2D eigenvalue weighted by molar-refractivity contribution is 6.04. The van der Waals surface area contributed by atoms with Crippen LogP contribution in [0.1, 0.15) is 29.3 Å². The molecular weight excluding hydrogens is 288 g/mol. The van der Waals surface area contributed by atoms with Crippen LogP contribution in [-0.4, -0.2) is 22.2 Å². The predicted molar refractivity (Wildman–Crippen MR) is 86.4 cm³/mol. The van der Waals surface area contributed by atoms with Crippen LogP contribution in [0.4, 0.5) is 11.4 Å². The minimum atomic E-state index is -0.125. The topological polar surface area (TPSA) is 59.0 Å². The lowest BCUT2D eigenvalue weighted by Crippen LogP contribution is -2.14. The van der Waals surface area contributed by atoms with Crippen molar-refractivity contribution in [1.29, 1.82) is 0 Å². The first-order valence-electron chi connectivity index (χ1n) is 6.97. The van der Waals surface area contributed by atoms with E-state index in [0.717, 1.165) is 37.3 Å². The first kappa shape index (κ1) is 15.4. The van der Waals surface area contributed by atoms with E-state index in [2.05, 4.69) is 21.8 Å². The Morgan fingerprint density at radius 2 is 2.33 bits per heavy atom. The van der Waals surface area contributed by atoms with Crippen molar-refractivity contribution >= 4 is 29.7 Å². The number of hydrogen-bond acceptors (Lipinski definition) is 3. The molecule has 112 valence electrons. The number of anilines is 2. The Bertz CT molecular complexity index is 638. The molecule has 1 aliphatic heterocycles. The summed E-state index contributed by atoms with van der Waals surface area (Å²) in [6.45, 7) is 3.74. The molecule has 3 rings (SSSR count). The predicted octanol–water partition coefficient (Wildman–Crippen LogP) is 2.94. The van der Waals surface area contributed by atoms with Crippen LogP contribution >= 0.6 is 12.4 Å². The Labute approximate surface area is 130 Å². The number of amides is 1. The highest BCUT2D eigenvalue weighted by Crippen LogP contribution is 2.25. The van der Waals surface area contributed by atoms with E-state index in [1.54, 1.807) is 17.1 Å². The minimum absolute atomic E-state index is 0. The van der Waals surface area contributed by atoms with Crippen molar-refractivity contribution in [2.45, 2.75) is 26.3 Å². The lowest BCUT2D eigenvalue weighted by molar-refractivity contribution is 0.102. The van der Waals surface area contributed by atoms with E-state index in [0.29, 0.717) is 5.56 Å². The van der Waals surface area contributed by atoms with Crippen molar-refractivity contribution in [1.82, 2.24) is 9.78 Å². The average molecular weight is 307 g/mol. The molecule has 0 bridgehead atoms. The van der Waals surface area contributed by atoms with Gasteiger partial charge in [0.05, 0.1) is 11.8 Å². The molecular formula is C15H19ClN4O. The Balaban J connectivity index is 0.00000161. The molecule has 6 heteroatoms. The lowest BCUT2D eigenvalue weighted by atomic mass is 10.0. The molecule has 0 unspecified atom stereocenters. The maximum atomic E-state index is 12.1. The molecule has 2 aromatic rings. The summed E-state index contributed by atoms with van der Waals surface area (Å²) >= 11 is 0. The zero-order chi connectivity index (χ0) is 13.9. The van der Waals surface area contributed by atoms with Crippen LogP contribution in [0.15, 0.2) is 30.6 Å². The SMILES string of the molecule is CCn1cc(C(=O)Nc2ccc3c(c2)NCCC3)cn1.Cl. The molecule has 0 spiro atoms. The molecule has 2 heterocycles. The molecule has 0 fully saturated rings. The third kappa shape index (κ3) is 3.36. The number of rotatable bonds is 3. The Kier molecular flexibility index (Phi) is 4.85. The van der Waals surface area contributed by atoms with Crippen molar-refractivity contribution < 1.29 is 4.79 Å². The molecule has 1 aliphatic rings. The summed E-state index contributed by atoms with van der Waals surface area (Å²) in [6.07, 6.45) is 5.61. The van der Waals surface area contributed by atoms with Gasteiger partial charge >= 0.3 is 0 Å². The largest absolute Gasteiger partial charge is 0.385 e. The van der Waals surface area contributed by atoms with Gasteiger partial charge in [-0.2, -0.15) is 5.10 Å². The molecule has 1 amide bonds. The maximum absolute atomic E-state index is 12.1. The van der Waals surface area contributed by atoms with Gasteiger partial charge in [-0.25, -0.2) is 0 Å². The fraction of sp³-hybridized carbons (Fsp3) is 0.333. The van der Waals surface area contributed by atoms with Gasteiger partial charge in [0.15, 0.2) is 0 Å². The van der Waals surface area contributed by atoms with Crippen LogP contribution in [0.25, 0.3) is 0 Å². The Morgan fingerprint density at radius 3 is 3.10 bits per heavy atom. The van der Waals surface area contributed by atoms with Gasteiger partial charge in [-0.1, -0.05) is 6.07 Å². The Morgan fingerprint density at radius 1 is 1.48 bits per heavy atom. The van der Waals surface area contributed by atoms with Gasteiger partial charge in [-0.3, -0.25) is 9.48 Å². The zero-order valence-corrected chi connectivity index (χ0v) is 12.7. The summed E-state index contributed by atoms with van der Waals surface area (Å²) in [7, 11) is 0. The number of hydrogen-bond donors (Lipinski definition) is 2. The van der Waals surface area contributed by atoms with E-state index in [1.807, 2.05) is 19.1 Å². The lowest BCUT2D eigenvalue weighted by Gasteiger charge is -2.18. The number of nitrogens with zero attached hydrogens (tertiary/aromatic N) is 2. The number of carbonyl (C=O) groups excluding carboxylic acids is 1. The summed E-state index contributed by atoms with van der Waals surface area (Å²) in [4.78, 5) is 12.1. The fourth-order valence-electron chi connectivity index (χ4n) is 2.40. The van der Waals surface area contributed by atoms with E-state index < -0.39 is 0 Å². The third-order valence-electron chi connectivity index (χ3n) is 3.53. The fourth-order valence-corrected chi connectivity index (χ4v) is 2.40. The van der Waals surface area contributed by atoms with E-state index in [-0.39, 0.29) is 18.3 Å². The average Bonchev–Trinajstić information content (AvgIpc) is 2.96. The van der Waals surface area contributed by atoms with E-state index in [4.69, 9.17) is 0 Å². The standard InChI is InChI=1S/C15H18N4O.ClH/c1-2-19-10-12(9-17-19)15(20)18-13-6-5-11-4-3-7-16-14(11)8-13;/h5-6,8-10,16H,2-4,7H2,1H3,(H,18,20);1H. The number of carbonyl (C=O) groups is 1. The molecule has 0 saturated heterocycles. The number of nitrogens with one attached hydrogen (secondary N) is 2. The minimum Gasteiger partial charge on any atom is -0.385 e. The molecule has 2 N–H and O–H groups in total. The summed E-state index contributed by atoms with van der Waals surface area (Å²) in [6, 6.07) is 6.02. The smallest absolute Gasteiger partial charge is 0.258 e. The second-order valence-corrected chi connectivity index (χ2v) is 4.94. The van der Waals surface area contributed by atoms with Crippen molar-refractivity contribution in [2.75, 3.05) is 17.2 Å². The maximum Gasteiger partial charge on any atom is 0.258 e. The highest BCUT2D eigenvalue weighted by atomic mass is 35.5. The first-order chi connectivity index (χ1) is 9.76. The van der Waals surface area contributed by atoms with Crippen LogP contribution in [0.5, 0.6) is 0 Å². The summed E-state index contributed by atoms with van der Waals surface area (Å²) in [5.74, 6) is -0.125. The van der Waals surface area contributed by atoms with Crippen LogP contribution < -0.4 is 10.6 Å². The highest BCUT2D eigenvalue weighted by Gasteiger charge is 2.12. The molecule has 0 radical (unpaired) electrons. The van der Waals surface area contributed by atoms with Gasteiger partial charge in [0.25, 0.3) is 5.91 Å². The van der Waals surface area contributed by atoms with Crippen LogP contribution in [-0.2, 0) is 13.0 Å².